The lowest BCUT2D eigenvalue weighted by Gasteiger charge is -2.09. The van der Waals surface area contributed by atoms with Gasteiger partial charge in [-0.3, -0.25) is 4.79 Å². The molecular weight excluding hydrogens is 318 g/mol. The van der Waals surface area contributed by atoms with Gasteiger partial charge in [0, 0.05) is 24.9 Å². The van der Waals surface area contributed by atoms with Crippen molar-refractivity contribution in [3.63, 3.8) is 0 Å². The largest absolute Gasteiger partial charge is 0.352 e. The molecule has 1 amide bonds. The Labute approximate surface area is 146 Å². The number of hydrogen-bond donors (Lipinski definition) is 1. The molecule has 4 nitrogen and oxygen atoms in total. The van der Waals surface area contributed by atoms with Crippen molar-refractivity contribution in [2.24, 2.45) is 7.05 Å². The summed E-state index contributed by atoms with van der Waals surface area (Å²) in [7, 11) is 2.01. The molecule has 0 unspecified atom stereocenters. The van der Waals surface area contributed by atoms with Crippen molar-refractivity contribution in [1.82, 2.24) is 14.9 Å². The summed E-state index contributed by atoms with van der Waals surface area (Å²) in [6.45, 7) is 2.60. The van der Waals surface area contributed by atoms with Gasteiger partial charge in [-0.25, -0.2) is 4.98 Å². The summed E-state index contributed by atoms with van der Waals surface area (Å²) in [6.07, 6.45) is 2.70. The van der Waals surface area contributed by atoms with E-state index in [9.17, 15) is 4.79 Å². The van der Waals surface area contributed by atoms with Crippen molar-refractivity contribution in [1.29, 1.82) is 0 Å². The number of imidazole rings is 1. The van der Waals surface area contributed by atoms with Crippen LogP contribution in [0.2, 0.25) is 0 Å². The third-order valence-corrected chi connectivity index (χ3v) is 4.89. The summed E-state index contributed by atoms with van der Waals surface area (Å²) in [5.74, 6) is 0.948. The number of rotatable bonds is 5. The molecule has 124 valence electrons. The lowest BCUT2D eigenvalue weighted by Crippen LogP contribution is -2.26. The summed E-state index contributed by atoms with van der Waals surface area (Å²) in [4.78, 5) is 18.1. The van der Waals surface area contributed by atoms with Crippen LogP contribution < -0.4 is 5.32 Å². The second-order valence-corrected chi connectivity index (χ2v) is 6.63. The van der Waals surface area contributed by atoms with Crippen LogP contribution in [-0.2, 0) is 13.5 Å². The first-order chi connectivity index (χ1) is 11.6. The smallest absolute Gasteiger partial charge is 0.252 e. The number of thioether (sulfide) groups is 1. The zero-order valence-electron chi connectivity index (χ0n) is 14.2. The predicted octanol–water partition coefficient (Wildman–Crippen LogP) is 3.58. The fourth-order valence-electron chi connectivity index (χ4n) is 2.79. The maximum absolute atomic E-state index is 12.4. The second-order valence-electron chi connectivity index (χ2n) is 5.79. The summed E-state index contributed by atoms with van der Waals surface area (Å²) in [5, 5.41) is 3.01. The number of aryl methyl sites for hydroxylation is 2. The minimum absolute atomic E-state index is 0.0295. The van der Waals surface area contributed by atoms with Crippen LogP contribution >= 0.6 is 11.8 Å². The number of aromatic nitrogens is 2. The Morgan fingerprint density at radius 3 is 2.79 bits per heavy atom. The molecule has 5 heteroatoms. The molecule has 24 heavy (non-hydrogen) atoms. The van der Waals surface area contributed by atoms with Crippen LogP contribution in [0.15, 0.2) is 47.4 Å². The molecule has 0 aliphatic rings. The normalized spacial score (nSPS) is 11.0. The average Bonchev–Trinajstić information content (AvgIpc) is 2.91. The molecule has 1 heterocycles. The molecule has 0 saturated heterocycles. The summed E-state index contributed by atoms with van der Waals surface area (Å²) < 4.78 is 2.08. The van der Waals surface area contributed by atoms with Gasteiger partial charge < -0.3 is 9.88 Å². The SMILES string of the molecule is CSc1cc(C)ccc1C(=O)NCCc1nc2ccccc2n1C. The number of para-hydroxylation sites is 2. The maximum Gasteiger partial charge on any atom is 0.252 e. The third-order valence-electron chi connectivity index (χ3n) is 4.12. The minimum Gasteiger partial charge on any atom is -0.352 e. The Hall–Kier alpha value is -2.27. The van der Waals surface area contributed by atoms with Gasteiger partial charge in [-0.15, -0.1) is 11.8 Å². The lowest BCUT2D eigenvalue weighted by atomic mass is 10.1. The van der Waals surface area contributed by atoms with Gasteiger partial charge in [-0.1, -0.05) is 18.2 Å². The maximum atomic E-state index is 12.4. The summed E-state index contributed by atoms with van der Waals surface area (Å²) in [6, 6.07) is 14.0. The number of benzene rings is 2. The van der Waals surface area contributed by atoms with E-state index in [1.165, 1.54) is 0 Å². The highest BCUT2D eigenvalue weighted by atomic mass is 32.2. The van der Waals surface area contributed by atoms with Gasteiger partial charge in [0.1, 0.15) is 5.82 Å². The quantitative estimate of drug-likeness (QED) is 0.723. The number of nitrogens with zero attached hydrogens (tertiary/aromatic N) is 2. The molecule has 2 aromatic carbocycles. The molecule has 0 spiro atoms. The van der Waals surface area contributed by atoms with E-state index in [1.807, 2.05) is 56.6 Å². The topological polar surface area (TPSA) is 46.9 Å². The Morgan fingerprint density at radius 2 is 2.04 bits per heavy atom. The first kappa shape index (κ1) is 16.6. The molecule has 0 saturated carbocycles. The van der Waals surface area contributed by atoms with E-state index in [4.69, 9.17) is 0 Å². The first-order valence-electron chi connectivity index (χ1n) is 7.93. The molecule has 0 radical (unpaired) electrons. The molecule has 1 N–H and O–H groups in total. The third kappa shape index (κ3) is 3.31. The van der Waals surface area contributed by atoms with Crippen LogP contribution in [0.1, 0.15) is 21.7 Å². The van der Waals surface area contributed by atoms with E-state index in [2.05, 4.69) is 20.9 Å². The number of amides is 1. The van der Waals surface area contributed by atoms with Gasteiger partial charge in [0.05, 0.1) is 16.6 Å². The zero-order valence-corrected chi connectivity index (χ0v) is 15.0. The van der Waals surface area contributed by atoms with E-state index in [0.29, 0.717) is 13.0 Å². The minimum atomic E-state index is -0.0295. The number of carbonyl (C=O) groups excluding carboxylic acids is 1. The highest BCUT2D eigenvalue weighted by Gasteiger charge is 2.12. The van der Waals surface area contributed by atoms with Crippen LogP contribution in [-0.4, -0.2) is 28.3 Å². The van der Waals surface area contributed by atoms with Gasteiger partial charge >= 0.3 is 0 Å². The van der Waals surface area contributed by atoms with Crippen LogP contribution in [0.4, 0.5) is 0 Å². The van der Waals surface area contributed by atoms with Gasteiger partial charge in [0.2, 0.25) is 0 Å². The molecule has 0 bridgehead atoms. The van der Waals surface area contributed by atoms with Crippen molar-refractivity contribution >= 4 is 28.7 Å². The fourth-order valence-corrected chi connectivity index (χ4v) is 3.47. The van der Waals surface area contributed by atoms with E-state index in [0.717, 1.165) is 32.9 Å². The van der Waals surface area contributed by atoms with Gasteiger partial charge in [-0.2, -0.15) is 0 Å². The van der Waals surface area contributed by atoms with Crippen molar-refractivity contribution in [3.05, 3.63) is 59.4 Å². The number of hydrogen-bond acceptors (Lipinski definition) is 3. The van der Waals surface area contributed by atoms with Crippen molar-refractivity contribution in [2.45, 2.75) is 18.2 Å². The Morgan fingerprint density at radius 1 is 1.25 bits per heavy atom. The van der Waals surface area contributed by atoms with Crippen molar-refractivity contribution in [3.8, 4) is 0 Å². The Balaban J connectivity index is 1.67. The molecule has 3 rings (SSSR count). The van der Waals surface area contributed by atoms with Crippen LogP contribution in [0.5, 0.6) is 0 Å². The van der Waals surface area contributed by atoms with Crippen molar-refractivity contribution < 1.29 is 4.79 Å². The fraction of sp³-hybridized carbons (Fsp3) is 0.263. The second kappa shape index (κ2) is 7.09. The Bertz CT molecular complexity index is 885. The predicted molar refractivity (Wildman–Crippen MR) is 99.7 cm³/mol. The van der Waals surface area contributed by atoms with Crippen LogP contribution in [0.3, 0.4) is 0 Å². The highest BCUT2D eigenvalue weighted by molar-refractivity contribution is 7.98. The first-order valence-corrected chi connectivity index (χ1v) is 9.16. The average molecular weight is 339 g/mol. The van der Waals surface area contributed by atoms with E-state index < -0.39 is 0 Å². The Kier molecular flexibility index (Phi) is 4.90. The summed E-state index contributed by atoms with van der Waals surface area (Å²) >= 11 is 1.60. The zero-order chi connectivity index (χ0) is 17.1. The highest BCUT2D eigenvalue weighted by Crippen LogP contribution is 2.21. The van der Waals surface area contributed by atoms with E-state index in [1.54, 1.807) is 11.8 Å². The van der Waals surface area contributed by atoms with Crippen molar-refractivity contribution in [2.75, 3.05) is 12.8 Å². The summed E-state index contributed by atoms with van der Waals surface area (Å²) in [5.41, 5.74) is 4.00. The molecule has 0 atom stereocenters. The monoisotopic (exact) mass is 339 g/mol. The van der Waals surface area contributed by atoms with Gasteiger partial charge in [0.15, 0.2) is 0 Å². The molecule has 1 aromatic heterocycles. The van der Waals surface area contributed by atoms with E-state index in [-0.39, 0.29) is 5.91 Å². The molecule has 0 aliphatic heterocycles. The molecule has 3 aromatic rings. The molecular formula is C19H21N3OS. The lowest BCUT2D eigenvalue weighted by molar-refractivity contribution is 0.0951. The van der Waals surface area contributed by atoms with E-state index >= 15 is 0 Å². The number of nitrogens with one attached hydrogen (secondary N) is 1. The van der Waals surface area contributed by atoms with Crippen LogP contribution in [0.25, 0.3) is 11.0 Å². The standard InChI is InChI=1S/C19H21N3OS/c1-13-8-9-14(17(12-13)24-3)19(23)20-11-10-18-21-15-6-4-5-7-16(15)22(18)2/h4-9,12H,10-11H2,1-3H3,(H,20,23). The molecule has 0 aliphatic carbocycles. The van der Waals surface area contributed by atoms with Crippen LogP contribution in [0, 0.1) is 6.92 Å². The molecule has 0 fully saturated rings. The number of fused-ring (bicyclic) bond motifs is 1. The number of carbonyl (C=O) groups is 1. The van der Waals surface area contributed by atoms with Gasteiger partial charge in [0.25, 0.3) is 5.91 Å². The van der Waals surface area contributed by atoms with Gasteiger partial charge in [-0.05, 0) is 43.0 Å².